The van der Waals surface area contributed by atoms with E-state index in [2.05, 4.69) is 4.98 Å². The first kappa shape index (κ1) is 8.41. The number of hydrogen-bond acceptors (Lipinski definition) is 4. The lowest BCUT2D eigenvalue weighted by Gasteiger charge is -1.87. The minimum Gasteiger partial charge on any atom is -0.353 e. The molecule has 0 radical (unpaired) electrons. The third kappa shape index (κ3) is 1.48. The van der Waals surface area contributed by atoms with Crippen LogP contribution in [0.1, 0.15) is 10.5 Å². The Morgan fingerprint density at radius 1 is 1.75 bits per heavy atom. The summed E-state index contributed by atoms with van der Waals surface area (Å²) in [5.74, 6) is -0.344. The van der Waals surface area contributed by atoms with E-state index in [-0.39, 0.29) is 23.7 Å². The van der Waals surface area contributed by atoms with Crippen molar-refractivity contribution in [3.8, 4) is 0 Å². The van der Waals surface area contributed by atoms with E-state index >= 15 is 0 Å². The van der Waals surface area contributed by atoms with Crippen LogP contribution in [0.5, 0.6) is 0 Å². The highest BCUT2D eigenvalue weighted by Gasteiger charge is 2.12. The lowest BCUT2D eigenvalue weighted by Crippen LogP contribution is -2.13. The van der Waals surface area contributed by atoms with E-state index in [1.807, 2.05) is 0 Å². The van der Waals surface area contributed by atoms with Gasteiger partial charge in [-0.15, -0.1) is 0 Å². The molecule has 6 heteroatoms. The Kier molecular flexibility index (Phi) is 2.20. The van der Waals surface area contributed by atoms with Crippen LogP contribution in [0, 0.1) is 10.1 Å². The van der Waals surface area contributed by atoms with Crippen LogP contribution in [0.3, 0.4) is 0 Å². The Balaban J connectivity index is 2.91. The van der Waals surface area contributed by atoms with Gasteiger partial charge >= 0.3 is 0 Å². The highest BCUT2D eigenvalue weighted by Crippen LogP contribution is 2.11. The number of hydrogen-bond donors (Lipinski definition) is 2. The molecule has 0 spiro atoms. The highest BCUT2D eigenvalue weighted by molar-refractivity contribution is 5.96. The number of aromatic amines is 1. The van der Waals surface area contributed by atoms with Crippen LogP contribution in [0.2, 0.25) is 0 Å². The fraction of sp³-hybridized carbons (Fsp3) is 0.167. The third-order valence-electron chi connectivity index (χ3n) is 1.36. The fourth-order valence-electron chi connectivity index (χ4n) is 0.759. The van der Waals surface area contributed by atoms with Gasteiger partial charge < -0.3 is 10.7 Å². The molecular weight excluding hydrogens is 162 g/mol. The molecule has 1 aromatic rings. The summed E-state index contributed by atoms with van der Waals surface area (Å²) in [5.41, 5.74) is 5.09. The number of ketones is 1. The van der Waals surface area contributed by atoms with Crippen molar-refractivity contribution >= 4 is 11.5 Å². The van der Waals surface area contributed by atoms with Crippen molar-refractivity contribution in [2.24, 2.45) is 5.73 Å². The van der Waals surface area contributed by atoms with Crippen LogP contribution in [-0.2, 0) is 0 Å². The SMILES string of the molecule is NCC(=O)c1cc([N+](=O)[O-])c[nH]1. The van der Waals surface area contributed by atoms with Gasteiger partial charge in [0, 0.05) is 6.07 Å². The van der Waals surface area contributed by atoms with Crippen LogP contribution in [-0.4, -0.2) is 22.2 Å². The molecule has 0 amide bonds. The first-order chi connectivity index (χ1) is 5.65. The van der Waals surface area contributed by atoms with Gasteiger partial charge in [0.05, 0.1) is 23.4 Å². The minimum atomic E-state index is -0.580. The number of Topliss-reactive ketones (excluding diaryl/α,β-unsaturated/α-hetero) is 1. The Morgan fingerprint density at radius 3 is 2.83 bits per heavy atom. The van der Waals surface area contributed by atoms with Crippen molar-refractivity contribution in [2.75, 3.05) is 6.54 Å². The zero-order valence-electron chi connectivity index (χ0n) is 6.11. The zero-order valence-corrected chi connectivity index (χ0v) is 6.11. The van der Waals surface area contributed by atoms with E-state index in [9.17, 15) is 14.9 Å². The molecule has 1 rings (SSSR count). The summed E-state index contributed by atoms with van der Waals surface area (Å²) >= 11 is 0. The number of nitrogens with one attached hydrogen (secondary N) is 1. The molecule has 0 atom stereocenters. The maximum atomic E-state index is 10.9. The van der Waals surface area contributed by atoms with Crippen LogP contribution in [0.4, 0.5) is 5.69 Å². The first-order valence-corrected chi connectivity index (χ1v) is 3.21. The summed E-state index contributed by atoms with van der Waals surface area (Å²) in [4.78, 5) is 22.9. The molecule has 0 aliphatic heterocycles. The first-order valence-electron chi connectivity index (χ1n) is 3.21. The number of nitrogens with two attached hydrogens (primary N) is 1. The number of rotatable bonds is 3. The molecule has 0 aliphatic rings. The molecule has 1 aromatic heterocycles. The molecule has 1 heterocycles. The van der Waals surface area contributed by atoms with E-state index < -0.39 is 4.92 Å². The molecule has 0 aliphatic carbocycles. The smallest absolute Gasteiger partial charge is 0.287 e. The van der Waals surface area contributed by atoms with Crippen molar-refractivity contribution in [3.05, 3.63) is 28.1 Å². The molecule has 12 heavy (non-hydrogen) atoms. The van der Waals surface area contributed by atoms with Crippen LogP contribution < -0.4 is 5.73 Å². The van der Waals surface area contributed by atoms with Crippen LogP contribution in [0.25, 0.3) is 0 Å². The van der Waals surface area contributed by atoms with Crippen molar-refractivity contribution in [1.29, 1.82) is 0 Å². The standard InChI is InChI=1S/C6H7N3O3/c7-2-6(10)5-1-4(3-8-5)9(11)12/h1,3,8H,2,7H2. The van der Waals surface area contributed by atoms with E-state index in [4.69, 9.17) is 5.73 Å². The van der Waals surface area contributed by atoms with Gasteiger partial charge in [-0.25, -0.2) is 0 Å². The summed E-state index contributed by atoms with van der Waals surface area (Å²) in [6.07, 6.45) is 1.16. The maximum absolute atomic E-state index is 10.9. The van der Waals surface area contributed by atoms with E-state index in [1.54, 1.807) is 0 Å². The number of nitro groups is 1. The topological polar surface area (TPSA) is 102 Å². The molecule has 0 fully saturated rings. The Bertz CT molecular complexity index is 318. The second-order valence-corrected chi connectivity index (χ2v) is 2.16. The van der Waals surface area contributed by atoms with Gasteiger partial charge in [0.2, 0.25) is 0 Å². The average molecular weight is 169 g/mol. The van der Waals surface area contributed by atoms with E-state index in [0.29, 0.717) is 0 Å². The minimum absolute atomic E-state index is 0.133. The normalized spacial score (nSPS) is 9.75. The summed E-state index contributed by atoms with van der Waals surface area (Å²) < 4.78 is 0. The van der Waals surface area contributed by atoms with Gasteiger partial charge in [-0.1, -0.05) is 0 Å². The molecule has 0 unspecified atom stereocenters. The lowest BCUT2D eigenvalue weighted by molar-refractivity contribution is -0.384. The molecule has 6 nitrogen and oxygen atoms in total. The van der Waals surface area contributed by atoms with Crippen LogP contribution >= 0.6 is 0 Å². The van der Waals surface area contributed by atoms with Gasteiger partial charge in [0.25, 0.3) is 5.69 Å². The average Bonchev–Trinajstić information content (AvgIpc) is 2.51. The second kappa shape index (κ2) is 3.14. The summed E-state index contributed by atoms with van der Waals surface area (Å²) in [7, 11) is 0. The van der Waals surface area contributed by atoms with E-state index in [0.717, 1.165) is 12.3 Å². The number of carbonyl (C=O) groups is 1. The Hall–Kier alpha value is -1.69. The van der Waals surface area contributed by atoms with E-state index in [1.165, 1.54) is 0 Å². The summed E-state index contributed by atoms with van der Waals surface area (Å²) in [5, 5.41) is 10.2. The Morgan fingerprint density at radius 2 is 2.42 bits per heavy atom. The molecule has 0 saturated heterocycles. The summed E-state index contributed by atoms with van der Waals surface area (Å²) in [6.45, 7) is -0.155. The van der Waals surface area contributed by atoms with Crippen molar-refractivity contribution in [2.45, 2.75) is 0 Å². The molecular formula is C6H7N3O3. The predicted octanol–water partition coefficient (Wildman–Crippen LogP) is 0.0643. The quantitative estimate of drug-likeness (QED) is 0.379. The van der Waals surface area contributed by atoms with Crippen molar-refractivity contribution < 1.29 is 9.72 Å². The van der Waals surface area contributed by atoms with Gasteiger partial charge in [-0.3, -0.25) is 14.9 Å². The maximum Gasteiger partial charge on any atom is 0.287 e. The summed E-state index contributed by atoms with van der Waals surface area (Å²) in [6, 6.07) is 1.16. The number of H-pyrrole nitrogens is 1. The lowest BCUT2D eigenvalue weighted by atomic mass is 10.3. The number of aromatic nitrogens is 1. The van der Waals surface area contributed by atoms with Gasteiger partial charge in [0.15, 0.2) is 5.78 Å². The predicted molar refractivity (Wildman–Crippen MR) is 40.8 cm³/mol. The molecule has 64 valence electrons. The monoisotopic (exact) mass is 169 g/mol. The van der Waals surface area contributed by atoms with Crippen molar-refractivity contribution in [3.63, 3.8) is 0 Å². The number of carbonyl (C=O) groups excluding carboxylic acids is 1. The fourth-order valence-corrected chi connectivity index (χ4v) is 0.759. The van der Waals surface area contributed by atoms with Crippen LogP contribution in [0.15, 0.2) is 12.3 Å². The largest absolute Gasteiger partial charge is 0.353 e. The van der Waals surface area contributed by atoms with Gasteiger partial charge in [-0.2, -0.15) is 0 Å². The highest BCUT2D eigenvalue weighted by atomic mass is 16.6. The molecule has 0 bridgehead atoms. The molecule has 0 saturated carbocycles. The molecule has 3 N–H and O–H groups in total. The molecule has 0 aromatic carbocycles. The Labute approximate surface area is 67.5 Å². The van der Waals surface area contributed by atoms with Gasteiger partial charge in [-0.05, 0) is 0 Å². The number of nitrogens with zero attached hydrogens (tertiary/aromatic N) is 1. The zero-order chi connectivity index (χ0) is 9.14. The third-order valence-corrected chi connectivity index (χ3v) is 1.36. The van der Waals surface area contributed by atoms with Gasteiger partial charge in [0.1, 0.15) is 0 Å². The van der Waals surface area contributed by atoms with Crippen molar-refractivity contribution in [1.82, 2.24) is 4.98 Å². The second-order valence-electron chi connectivity index (χ2n) is 2.16.